The topological polar surface area (TPSA) is 84.2 Å². The van der Waals surface area contributed by atoms with Gasteiger partial charge in [-0.05, 0) is 17.5 Å². The molecule has 5 nitrogen and oxygen atoms in total. The number of hydrogen-bond acceptors (Lipinski definition) is 3. The second-order valence-corrected chi connectivity index (χ2v) is 4.65. The van der Waals surface area contributed by atoms with Crippen LogP contribution in [0.2, 0.25) is 0 Å². The van der Waals surface area contributed by atoms with E-state index in [1.807, 2.05) is 31.2 Å². The van der Waals surface area contributed by atoms with Crippen molar-refractivity contribution in [3.63, 3.8) is 0 Å². The first-order valence-corrected chi connectivity index (χ1v) is 6.97. The van der Waals surface area contributed by atoms with Gasteiger partial charge < -0.3 is 16.4 Å². The summed E-state index contributed by atoms with van der Waals surface area (Å²) in [5.74, 6) is -0.103. The standard InChI is InChI=1S/C15H23N3O2/c1-2-8-17-14(19)7-9-18-15(20)10-12-3-5-13(11-16)6-4-12/h3-6H,2,7-11,16H2,1H3,(H,17,19)(H,18,20). The summed E-state index contributed by atoms with van der Waals surface area (Å²) in [4.78, 5) is 23.0. The molecule has 1 rings (SSSR count). The third kappa shape index (κ3) is 6.33. The maximum absolute atomic E-state index is 11.7. The van der Waals surface area contributed by atoms with Crippen LogP contribution in [-0.4, -0.2) is 24.9 Å². The van der Waals surface area contributed by atoms with Crippen molar-refractivity contribution in [1.29, 1.82) is 0 Å². The second-order valence-electron chi connectivity index (χ2n) is 4.65. The predicted octanol–water partition coefficient (Wildman–Crippen LogP) is 0.720. The molecule has 5 heteroatoms. The fourth-order valence-corrected chi connectivity index (χ4v) is 1.71. The van der Waals surface area contributed by atoms with E-state index in [2.05, 4.69) is 10.6 Å². The van der Waals surface area contributed by atoms with Crippen molar-refractivity contribution in [1.82, 2.24) is 10.6 Å². The minimum atomic E-state index is -0.0752. The molecular weight excluding hydrogens is 254 g/mol. The maximum Gasteiger partial charge on any atom is 0.224 e. The quantitative estimate of drug-likeness (QED) is 0.654. The molecule has 1 aromatic rings. The molecule has 0 heterocycles. The number of nitrogens with one attached hydrogen (secondary N) is 2. The van der Waals surface area contributed by atoms with E-state index in [0.29, 0.717) is 32.5 Å². The summed E-state index contributed by atoms with van der Waals surface area (Å²) < 4.78 is 0. The minimum Gasteiger partial charge on any atom is -0.356 e. The molecule has 0 unspecified atom stereocenters. The zero-order chi connectivity index (χ0) is 14.8. The van der Waals surface area contributed by atoms with Crippen LogP contribution in [-0.2, 0) is 22.6 Å². The molecule has 20 heavy (non-hydrogen) atoms. The summed E-state index contributed by atoms with van der Waals surface area (Å²) in [7, 11) is 0. The van der Waals surface area contributed by atoms with Crippen LogP contribution < -0.4 is 16.4 Å². The van der Waals surface area contributed by atoms with Gasteiger partial charge in [0.2, 0.25) is 11.8 Å². The lowest BCUT2D eigenvalue weighted by Gasteiger charge is -2.06. The molecule has 0 radical (unpaired) electrons. The first-order valence-electron chi connectivity index (χ1n) is 6.97. The Morgan fingerprint density at radius 2 is 1.60 bits per heavy atom. The van der Waals surface area contributed by atoms with Crippen molar-refractivity contribution in [3.8, 4) is 0 Å². The van der Waals surface area contributed by atoms with Crippen LogP contribution in [0.1, 0.15) is 30.9 Å². The second kappa shape index (κ2) is 9.09. The van der Waals surface area contributed by atoms with E-state index in [1.54, 1.807) is 0 Å². The Hall–Kier alpha value is -1.88. The van der Waals surface area contributed by atoms with Gasteiger partial charge in [-0.3, -0.25) is 9.59 Å². The molecule has 1 aromatic carbocycles. The van der Waals surface area contributed by atoms with Gasteiger partial charge in [0.25, 0.3) is 0 Å². The van der Waals surface area contributed by atoms with Crippen molar-refractivity contribution in [2.24, 2.45) is 5.73 Å². The Balaban J connectivity index is 2.24. The number of rotatable bonds is 8. The van der Waals surface area contributed by atoms with E-state index in [1.165, 1.54) is 0 Å². The summed E-state index contributed by atoms with van der Waals surface area (Å²) in [6, 6.07) is 7.63. The Bertz CT molecular complexity index is 429. The highest BCUT2D eigenvalue weighted by Gasteiger charge is 2.05. The van der Waals surface area contributed by atoms with Gasteiger partial charge in [-0.15, -0.1) is 0 Å². The van der Waals surface area contributed by atoms with Crippen molar-refractivity contribution in [3.05, 3.63) is 35.4 Å². The van der Waals surface area contributed by atoms with Crippen molar-refractivity contribution in [2.75, 3.05) is 13.1 Å². The van der Waals surface area contributed by atoms with Gasteiger partial charge in [0, 0.05) is 26.1 Å². The molecule has 4 N–H and O–H groups in total. The minimum absolute atomic E-state index is 0.0283. The predicted molar refractivity (Wildman–Crippen MR) is 79.0 cm³/mol. The van der Waals surface area contributed by atoms with Crippen molar-refractivity contribution >= 4 is 11.8 Å². The van der Waals surface area contributed by atoms with E-state index in [9.17, 15) is 9.59 Å². The Morgan fingerprint density at radius 1 is 1.00 bits per heavy atom. The fourth-order valence-electron chi connectivity index (χ4n) is 1.71. The van der Waals surface area contributed by atoms with Crippen LogP contribution >= 0.6 is 0 Å². The molecule has 0 saturated heterocycles. The molecule has 0 aliphatic rings. The Labute approximate surface area is 119 Å². The average molecular weight is 277 g/mol. The maximum atomic E-state index is 11.7. The Morgan fingerprint density at radius 3 is 2.20 bits per heavy atom. The molecule has 0 fully saturated rings. The normalized spacial score (nSPS) is 10.1. The van der Waals surface area contributed by atoms with Crippen molar-refractivity contribution in [2.45, 2.75) is 32.7 Å². The highest BCUT2D eigenvalue weighted by Crippen LogP contribution is 2.04. The van der Waals surface area contributed by atoms with E-state index in [4.69, 9.17) is 5.73 Å². The third-order valence-electron chi connectivity index (χ3n) is 2.87. The van der Waals surface area contributed by atoms with E-state index in [-0.39, 0.29) is 11.8 Å². The molecule has 2 amide bonds. The van der Waals surface area contributed by atoms with Gasteiger partial charge in [-0.1, -0.05) is 31.2 Å². The first-order chi connectivity index (χ1) is 9.65. The number of carbonyl (C=O) groups is 2. The smallest absolute Gasteiger partial charge is 0.224 e. The number of amides is 2. The zero-order valence-corrected chi connectivity index (χ0v) is 11.9. The fraction of sp³-hybridized carbons (Fsp3) is 0.467. The highest BCUT2D eigenvalue weighted by atomic mass is 16.2. The van der Waals surface area contributed by atoms with Gasteiger partial charge in [-0.25, -0.2) is 0 Å². The number of hydrogen-bond donors (Lipinski definition) is 3. The molecule has 0 saturated carbocycles. The van der Waals surface area contributed by atoms with Crippen LogP contribution in [0.25, 0.3) is 0 Å². The number of nitrogens with two attached hydrogens (primary N) is 1. The van der Waals surface area contributed by atoms with Crippen LogP contribution in [0.4, 0.5) is 0 Å². The molecule has 0 spiro atoms. The summed E-state index contributed by atoms with van der Waals surface area (Å²) in [5.41, 5.74) is 7.50. The molecule has 0 aliphatic heterocycles. The molecule has 0 bridgehead atoms. The van der Waals surface area contributed by atoms with Crippen LogP contribution in [0, 0.1) is 0 Å². The van der Waals surface area contributed by atoms with Crippen LogP contribution in [0.15, 0.2) is 24.3 Å². The monoisotopic (exact) mass is 277 g/mol. The van der Waals surface area contributed by atoms with Crippen LogP contribution in [0.3, 0.4) is 0 Å². The van der Waals surface area contributed by atoms with Crippen molar-refractivity contribution < 1.29 is 9.59 Å². The lowest BCUT2D eigenvalue weighted by Crippen LogP contribution is -2.31. The average Bonchev–Trinajstić information content (AvgIpc) is 2.46. The highest BCUT2D eigenvalue weighted by molar-refractivity contribution is 5.80. The van der Waals surface area contributed by atoms with Crippen LogP contribution in [0.5, 0.6) is 0 Å². The summed E-state index contributed by atoms with van der Waals surface area (Å²) in [6.07, 6.45) is 1.55. The first kappa shape index (κ1) is 16.2. The Kier molecular flexibility index (Phi) is 7.35. The molecule has 110 valence electrons. The van der Waals surface area contributed by atoms with Gasteiger partial charge >= 0.3 is 0 Å². The molecule has 0 aliphatic carbocycles. The SMILES string of the molecule is CCCNC(=O)CCNC(=O)Cc1ccc(CN)cc1. The van der Waals surface area contributed by atoms with E-state index in [0.717, 1.165) is 17.5 Å². The zero-order valence-electron chi connectivity index (χ0n) is 11.9. The van der Waals surface area contributed by atoms with E-state index >= 15 is 0 Å². The molecule has 0 atom stereocenters. The number of benzene rings is 1. The largest absolute Gasteiger partial charge is 0.356 e. The van der Waals surface area contributed by atoms with Gasteiger partial charge in [0.05, 0.1) is 6.42 Å². The summed E-state index contributed by atoms with van der Waals surface area (Å²) >= 11 is 0. The molecule has 0 aromatic heterocycles. The lowest BCUT2D eigenvalue weighted by atomic mass is 10.1. The van der Waals surface area contributed by atoms with Gasteiger partial charge in [-0.2, -0.15) is 0 Å². The summed E-state index contributed by atoms with van der Waals surface area (Å²) in [5, 5.41) is 5.51. The van der Waals surface area contributed by atoms with Gasteiger partial charge in [0.1, 0.15) is 0 Å². The van der Waals surface area contributed by atoms with E-state index < -0.39 is 0 Å². The molecular formula is C15H23N3O2. The summed E-state index contributed by atoms with van der Waals surface area (Å²) in [6.45, 7) is 3.55. The van der Waals surface area contributed by atoms with Gasteiger partial charge in [0.15, 0.2) is 0 Å². The number of carbonyl (C=O) groups excluding carboxylic acids is 2. The lowest BCUT2D eigenvalue weighted by molar-refractivity contribution is -0.122. The third-order valence-corrected chi connectivity index (χ3v) is 2.87.